The number of hydrogen-bond acceptors (Lipinski definition) is 2. The molecule has 3 aliphatic carbocycles. The fraction of sp³-hybridized carbons (Fsp3) is 0.619. The highest BCUT2D eigenvalue weighted by atomic mass is 16.3. The molecule has 0 heterocycles. The van der Waals surface area contributed by atoms with Gasteiger partial charge >= 0.3 is 0 Å². The predicted molar refractivity (Wildman–Crippen MR) is 91.2 cm³/mol. The molecule has 1 aromatic carbocycles. The number of benzene rings is 1. The Labute approximate surface area is 138 Å². The molecule has 122 valence electrons. The zero-order valence-corrected chi connectivity index (χ0v) is 14.1. The van der Waals surface area contributed by atoms with Gasteiger partial charge < -0.3 is 10.2 Å². The van der Waals surface area contributed by atoms with Crippen molar-refractivity contribution in [2.75, 3.05) is 0 Å². The predicted octanol–water partition coefficient (Wildman–Crippen LogP) is 3.92. The SMILES string of the molecule is C#CC1(O)CCC2C3CCc4c(C)ccc(O)c4C3CCC21C. The molecule has 2 heteroatoms. The van der Waals surface area contributed by atoms with Crippen LogP contribution in [0, 0.1) is 36.5 Å². The molecule has 1 aromatic rings. The van der Waals surface area contributed by atoms with E-state index in [1.807, 2.05) is 12.1 Å². The van der Waals surface area contributed by atoms with Gasteiger partial charge in [-0.2, -0.15) is 0 Å². The first kappa shape index (κ1) is 15.1. The van der Waals surface area contributed by atoms with E-state index in [0.717, 1.165) is 38.5 Å². The van der Waals surface area contributed by atoms with Gasteiger partial charge in [0.25, 0.3) is 0 Å². The van der Waals surface area contributed by atoms with Gasteiger partial charge in [0.2, 0.25) is 0 Å². The van der Waals surface area contributed by atoms with Gasteiger partial charge in [-0.3, -0.25) is 0 Å². The molecule has 2 fully saturated rings. The van der Waals surface area contributed by atoms with E-state index in [1.54, 1.807) is 0 Å². The third kappa shape index (κ3) is 1.81. The average molecular weight is 310 g/mol. The van der Waals surface area contributed by atoms with Gasteiger partial charge in [-0.1, -0.05) is 18.9 Å². The molecular weight excluding hydrogens is 284 g/mol. The molecule has 4 rings (SSSR count). The Hall–Kier alpha value is -1.46. The lowest BCUT2D eigenvalue weighted by molar-refractivity contribution is -0.0648. The second-order valence-corrected chi connectivity index (χ2v) is 8.21. The Morgan fingerprint density at radius 2 is 2.00 bits per heavy atom. The van der Waals surface area contributed by atoms with E-state index in [2.05, 4.69) is 19.8 Å². The minimum atomic E-state index is -0.947. The Morgan fingerprint density at radius 1 is 1.22 bits per heavy atom. The molecule has 2 nitrogen and oxygen atoms in total. The van der Waals surface area contributed by atoms with Crippen LogP contribution in [-0.2, 0) is 6.42 Å². The maximum Gasteiger partial charge on any atom is 0.130 e. The van der Waals surface area contributed by atoms with Gasteiger partial charge in [-0.05, 0) is 80.4 Å². The molecule has 0 radical (unpaired) electrons. The van der Waals surface area contributed by atoms with Crippen LogP contribution in [0.3, 0.4) is 0 Å². The Kier molecular flexibility index (Phi) is 3.13. The van der Waals surface area contributed by atoms with E-state index in [1.165, 1.54) is 16.7 Å². The number of terminal acetylenes is 1. The maximum atomic E-state index is 11.0. The van der Waals surface area contributed by atoms with E-state index in [-0.39, 0.29) is 5.41 Å². The topological polar surface area (TPSA) is 40.5 Å². The van der Waals surface area contributed by atoms with Crippen molar-refractivity contribution in [3.05, 3.63) is 28.8 Å². The highest BCUT2D eigenvalue weighted by Gasteiger charge is 2.61. The standard InChI is InChI=1S/C21H26O2/c1-4-21(23)12-10-17-15-7-6-14-13(2)5-8-18(22)19(14)16(15)9-11-20(17,21)3/h1,5,8,15-17,22-23H,6-7,9-12H2,2-3H3. The van der Waals surface area contributed by atoms with Gasteiger partial charge in [-0.25, -0.2) is 0 Å². The van der Waals surface area contributed by atoms with Crippen molar-refractivity contribution in [3.8, 4) is 18.1 Å². The summed E-state index contributed by atoms with van der Waals surface area (Å²) in [6.07, 6.45) is 11.6. The number of aliphatic hydroxyl groups is 1. The van der Waals surface area contributed by atoms with Crippen LogP contribution in [0.1, 0.15) is 61.6 Å². The normalized spacial score (nSPS) is 41.6. The van der Waals surface area contributed by atoms with E-state index in [4.69, 9.17) is 6.42 Å². The van der Waals surface area contributed by atoms with Gasteiger partial charge in [0, 0.05) is 11.0 Å². The summed E-state index contributed by atoms with van der Waals surface area (Å²) >= 11 is 0. The molecule has 2 N–H and O–H groups in total. The summed E-state index contributed by atoms with van der Waals surface area (Å²) in [5, 5.41) is 21.4. The third-order valence-electron chi connectivity index (χ3n) is 7.49. The lowest BCUT2D eigenvalue weighted by Gasteiger charge is -2.52. The number of phenolic OH excluding ortho intramolecular Hbond substituents is 1. The van der Waals surface area contributed by atoms with Crippen molar-refractivity contribution in [1.29, 1.82) is 0 Å². The van der Waals surface area contributed by atoms with Crippen molar-refractivity contribution in [2.45, 2.75) is 63.9 Å². The first-order valence-electron chi connectivity index (χ1n) is 8.93. The quantitative estimate of drug-likeness (QED) is 0.713. The van der Waals surface area contributed by atoms with Crippen molar-refractivity contribution in [3.63, 3.8) is 0 Å². The first-order valence-corrected chi connectivity index (χ1v) is 8.93. The van der Waals surface area contributed by atoms with Crippen LogP contribution in [0.2, 0.25) is 0 Å². The summed E-state index contributed by atoms with van der Waals surface area (Å²) in [6.45, 7) is 4.35. The number of aromatic hydroxyl groups is 1. The largest absolute Gasteiger partial charge is 0.508 e. The fourth-order valence-corrected chi connectivity index (χ4v) is 6.12. The van der Waals surface area contributed by atoms with E-state index in [9.17, 15) is 10.2 Å². The summed E-state index contributed by atoms with van der Waals surface area (Å²) < 4.78 is 0. The Bertz CT molecular complexity index is 701. The molecule has 0 bridgehead atoms. The number of hydrogen-bond donors (Lipinski definition) is 2. The summed E-state index contributed by atoms with van der Waals surface area (Å²) in [6, 6.07) is 3.89. The number of fused-ring (bicyclic) bond motifs is 5. The molecule has 5 unspecified atom stereocenters. The number of aryl methyl sites for hydroxylation is 1. The van der Waals surface area contributed by atoms with E-state index >= 15 is 0 Å². The third-order valence-corrected chi connectivity index (χ3v) is 7.49. The van der Waals surface area contributed by atoms with Crippen LogP contribution in [0.25, 0.3) is 0 Å². The molecule has 0 aromatic heterocycles. The second-order valence-electron chi connectivity index (χ2n) is 8.21. The summed E-state index contributed by atoms with van der Waals surface area (Å²) in [7, 11) is 0. The number of phenols is 1. The molecule has 0 spiro atoms. The molecule has 0 amide bonds. The molecule has 0 saturated heterocycles. The van der Waals surface area contributed by atoms with Crippen LogP contribution in [0.15, 0.2) is 12.1 Å². The molecule has 2 saturated carbocycles. The molecule has 0 aliphatic heterocycles. The van der Waals surface area contributed by atoms with Gasteiger partial charge in [0.15, 0.2) is 0 Å². The zero-order valence-electron chi connectivity index (χ0n) is 14.1. The highest BCUT2D eigenvalue weighted by molar-refractivity contribution is 5.48. The zero-order chi connectivity index (χ0) is 16.4. The van der Waals surface area contributed by atoms with Crippen LogP contribution in [0.5, 0.6) is 5.75 Å². The van der Waals surface area contributed by atoms with Crippen molar-refractivity contribution in [1.82, 2.24) is 0 Å². The Balaban J connectivity index is 1.77. The molecule has 3 aliphatic rings. The molecular formula is C21H26O2. The van der Waals surface area contributed by atoms with Crippen molar-refractivity contribution >= 4 is 0 Å². The van der Waals surface area contributed by atoms with Crippen molar-refractivity contribution < 1.29 is 10.2 Å². The minimum absolute atomic E-state index is 0.167. The highest BCUT2D eigenvalue weighted by Crippen LogP contribution is 2.64. The smallest absolute Gasteiger partial charge is 0.130 e. The van der Waals surface area contributed by atoms with E-state index in [0.29, 0.717) is 23.5 Å². The Morgan fingerprint density at radius 3 is 2.74 bits per heavy atom. The van der Waals surface area contributed by atoms with Crippen LogP contribution < -0.4 is 0 Å². The van der Waals surface area contributed by atoms with Gasteiger partial charge in [-0.15, -0.1) is 6.42 Å². The van der Waals surface area contributed by atoms with Crippen LogP contribution >= 0.6 is 0 Å². The van der Waals surface area contributed by atoms with Crippen LogP contribution in [0.4, 0.5) is 0 Å². The van der Waals surface area contributed by atoms with Crippen LogP contribution in [-0.4, -0.2) is 15.8 Å². The average Bonchev–Trinajstić information content (AvgIpc) is 2.83. The summed E-state index contributed by atoms with van der Waals surface area (Å²) in [5.41, 5.74) is 2.74. The molecule has 5 atom stereocenters. The summed E-state index contributed by atoms with van der Waals surface area (Å²) in [5.74, 6) is 4.62. The van der Waals surface area contributed by atoms with Crippen molar-refractivity contribution in [2.24, 2.45) is 17.3 Å². The lowest BCUT2D eigenvalue weighted by atomic mass is 9.53. The lowest BCUT2D eigenvalue weighted by Crippen LogP contribution is -2.50. The monoisotopic (exact) mass is 310 g/mol. The maximum absolute atomic E-state index is 11.0. The fourth-order valence-electron chi connectivity index (χ4n) is 6.12. The second kappa shape index (κ2) is 4.77. The molecule has 23 heavy (non-hydrogen) atoms. The minimum Gasteiger partial charge on any atom is -0.508 e. The number of rotatable bonds is 0. The van der Waals surface area contributed by atoms with E-state index < -0.39 is 5.60 Å². The van der Waals surface area contributed by atoms with Gasteiger partial charge in [0.1, 0.15) is 11.4 Å². The summed E-state index contributed by atoms with van der Waals surface area (Å²) in [4.78, 5) is 0. The first-order chi connectivity index (χ1) is 10.9. The van der Waals surface area contributed by atoms with Gasteiger partial charge in [0.05, 0.1) is 0 Å².